The number of aromatic nitrogens is 3. The number of hydrogen-bond acceptors (Lipinski definition) is 11. The van der Waals surface area contributed by atoms with Crippen molar-refractivity contribution in [3.63, 3.8) is 0 Å². The van der Waals surface area contributed by atoms with Crippen LogP contribution in [-0.4, -0.2) is 74.1 Å². The molecule has 5 atom stereocenters. The van der Waals surface area contributed by atoms with Crippen molar-refractivity contribution in [2.24, 2.45) is 5.92 Å². The van der Waals surface area contributed by atoms with Crippen molar-refractivity contribution in [2.75, 3.05) is 6.54 Å². The van der Waals surface area contributed by atoms with E-state index in [0.717, 1.165) is 10.6 Å². The monoisotopic (exact) mass is 716 g/mol. The Morgan fingerprint density at radius 3 is 2.41 bits per heavy atom. The van der Waals surface area contributed by atoms with Crippen LogP contribution in [0, 0.1) is 12.8 Å². The van der Waals surface area contributed by atoms with Gasteiger partial charge >= 0.3 is 0 Å². The summed E-state index contributed by atoms with van der Waals surface area (Å²) < 4.78 is 11.4. The Morgan fingerprint density at radius 2 is 1.69 bits per heavy atom. The zero-order chi connectivity index (χ0) is 36.2. The van der Waals surface area contributed by atoms with Crippen molar-refractivity contribution < 1.29 is 32.8 Å². The Balaban J connectivity index is 1.33. The number of nitrogens with zero attached hydrogens (tertiary/aromatic N) is 4. The third-order valence-corrected chi connectivity index (χ3v) is 9.51. The van der Waals surface area contributed by atoms with Gasteiger partial charge in [0.25, 0.3) is 11.8 Å². The lowest BCUT2D eigenvalue weighted by Gasteiger charge is -2.25. The Morgan fingerprint density at radius 1 is 0.961 bits per heavy atom. The molecule has 2 aliphatic heterocycles. The highest BCUT2D eigenvalue weighted by Crippen LogP contribution is 2.26. The van der Waals surface area contributed by atoms with E-state index in [1.54, 1.807) is 6.92 Å². The van der Waals surface area contributed by atoms with Gasteiger partial charge in [-0.3, -0.25) is 24.0 Å². The summed E-state index contributed by atoms with van der Waals surface area (Å²) in [4.78, 5) is 82.5. The van der Waals surface area contributed by atoms with Crippen LogP contribution >= 0.6 is 11.3 Å². The van der Waals surface area contributed by atoms with Gasteiger partial charge in [-0.25, -0.2) is 15.0 Å². The van der Waals surface area contributed by atoms with E-state index in [-0.39, 0.29) is 60.8 Å². The van der Waals surface area contributed by atoms with Gasteiger partial charge in [-0.1, -0.05) is 44.2 Å². The number of hydrogen-bond donors (Lipinski definition) is 4. The lowest BCUT2D eigenvalue weighted by Crippen LogP contribution is -2.48. The molecule has 5 amide bonds. The fraction of sp³-hybridized carbons (Fsp3) is 0.429. The summed E-state index contributed by atoms with van der Waals surface area (Å²) in [6.45, 7) is 7.37. The molecule has 6 rings (SSSR count). The second-order valence-corrected chi connectivity index (χ2v) is 14.3. The molecule has 15 nitrogen and oxygen atoms in total. The predicted molar refractivity (Wildman–Crippen MR) is 183 cm³/mol. The first-order chi connectivity index (χ1) is 24.4. The van der Waals surface area contributed by atoms with Gasteiger partial charge in [0.1, 0.15) is 36.7 Å². The van der Waals surface area contributed by atoms with Crippen LogP contribution in [0.2, 0.25) is 0 Å². The Hall–Kier alpha value is -5.38. The number of aryl methyl sites for hydroxylation is 1. The van der Waals surface area contributed by atoms with E-state index in [4.69, 9.17) is 8.83 Å². The summed E-state index contributed by atoms with van der Waals surface area (Å²) in [5.74, 6) is -2.30. The summed E-state index contributed by atoms with van der Waals surface area (Å²) in [5.41, 5.74) is 1.35. The van der Waals surface area contributed by atoms with Gasteiger partial charge in [0.05, 0.1) is 17.1 Å². The second-order valence-electron chi connectivity index (χ2n) is 13.3. The number of thiazole rings is 1. The maximum absolute atomic E-state index is 14.2. The van der Waals surface area contributed by atoms with Crippen LogP contribution < -0.4 is 21.3 Å². The third kappa shape index (κ3) is 8.51. The number of amides is 5. The lowest BCUT2D eigenvalue weighted by molar-refractivity contribution is -0.126. The minimum atomic E-state index is -1.02. The summed E-state index contributed by atoms with van der Waals surface area (Å²) >= 11 is 1.44. The normalized spacial score (nSPS) is 22.8. The average Bonchev–Trinajstić information content (AvgIpc) is 3.91. The predicted octanol–water partition coefficient (Wildman–Crippen LogP) is 2.81. The molecule has 16 heteroatoms. The molecule has 4 N–H and O–H groups in total. The quantitative estimate of drug-likeness (QED) is 0.220. The molecule has 2 aliphatic rings. The summed E-state index contributed by atoms with van der Waals surface area (Å²) in [5, 5.41) is 14.2. The van der Waals surface area contributed by atoms with Gasteiger partial charge in [-0.2, -0.15) is 0 Å². The molecule has 268 valence electrons. The van der Waals surface area contributed by atoms with Crippen molar-refractivity contribution in [1.29, 1.82) is 0 Å². The largest absolute Gasteiger partial charge is 0.446 e. The number of carbonyl (C=O) groups excluding carboxylic acids is 5. The molecule has 3 aromatic heterocycles. The molecular weight excluding hydrogens is 677 g/mol. The molecule has 51 heavy (non-hydrogen) atoms. The van der Waals surface area contributed by atoms with E-state index in [2.05, 4.69) is 36.2 Å². The topological polar surface area (TPSA) is 202 Å². The van der Waals surface area contributed by atoms with Crippen LogP contribution in [0.1, 0.15) is 94.7 Å². The summed E-state index contributed by atoms with van der Waals surface area (Å²) in [6.07, 6.45) is 3.12. The molecule has 0 aliphatic carbocycles. The standard InChI is InChI=1S/C35H40N8O7S/c1-18(2)10-24-30(45)36-19(3)33-42-27(16-49-33)35(48)43-14-22(38-29(44)13-23-17-51-20(4)37-23)12-28(43)32(47)40-25(11-21-8-6-5-7-9-21)34-41-26(15-50-34)31(46)39-24/h5-9,15-19,22,24-25,28H,10-14H2,1-4H3,(H,36,45)(H,38,44)(H,39,46)(H,40,47)/t19-,22+,24-,25+,28+/m1/s1. The van der Waals surface area contributed by atoms with E-state index in [1.807, 2.05) is 56.5 Å². The molecule has 0 saturated carbocycles. The van der Waals surface area contributed by atoms with Crippen LogP contribution in [0.15, 0.2) is 57.1 Å². The Kier molecular flexibility index (Phi) is 10.6. The molecule has 5 heterocycles. The van der Waals surface area contributed by atoms with Crippen LogP contribution in [-0.2, 0) is 27.2 Å². The van der Waals surface area contributed by atoms with E-state index in [1.165, 1.54) is 28.8 Å². The maximum atomic E-state index is 14.2. The minimum absolute atomic E-state index is 0.0246. The zero-order valence-corrected chi connectivity index (χ0v) is 29.5. The number of oxazole rings is 2. The second kappa shape index (κ2) is 15.2. The molecule has 1 saturated heterocycles. The number of rotatable bonds is 7. The number of benzene rings is 1. The molecular formula is C35H40N8O7S. The van der Waals surface area contributed by atoms with E-state index in [9.17, 15) is 24.0 Å². The highest BCUT2D eigenvalue weighted by atomic mass is 32.1. The van der Waals surface area contributed by atoms with Crippen LogP contribution in [0.3, 0.4) is 0 Å². The van der Waals surface area contributed by atoms with Gasteiger partial charge in [0.15, 0.2) is 11.4 Å². The zero-order valence-electron chi connectivity index (χ0n) is 28.7. The highest BCUT2D eigenvalue weighted by Gasteiger charge is 2.42. The minimum Gasteiger partial charge on any atom is -0.446 e. The smallest absolute Gasteiger partial charge is 0.276 e. The van der Waals surface area contributed by atoms with Gasteiger partial charge in [-0.05, 0) is 38.2 Å². The number of fused-ring (bicyclic) bond motifs is 5. The first-order valence-electron chi connectivity index (χ1n) is 16.8. The van der Waals surface area contributed by atoms with Crippen molar-refractivity contribution in [3.8, 4) is 0 Å². The van der Waals surface area contributed by atoms with Crippen molar-refractivity contribution in [1.82, 2.24) is 41.1 Å². The average molecular weight is 717 g/mol. The number of carbonyl (C=O) groups is 5. The third-order valence-electron chi connectivity index (χ3n) is 8.69. The molecule has 0 spiro atoms. The van der Waals surface area contributed by atoms with Crippen LogP contribution in [0.5, 0.6) is 0 Å². The highest BCUT2D eigenvalue weighted by molar-refractivity contribution is 7.09. The molecule has 1 fully saturated rings. The van der Waals surface area contributed by atoms with Gasteiger partial charge < -0.3 is 35.0 Å². The van der Waals surface area contributed by atoms with Crippen LogP contribution in [0.4, 0.5) is 0 Å². The molecule has 0 radical (unpaired) electrons. The van der Waals surface area contributed by atoms with Crippen molar-refractivity contribution >= 4 is 40.9 Å². The molecule has 1 aromatic carbocycles. The summed E-state index contributed by atoms with van der Waals surface area (Å²) in [7, 11) is 0. The summed E-state index contributed by atoms with van der Waals surface area (Å²) in [6, 6.07) is 5.24. The lowest BCUT2D eigenvalue weighted by atomic mass is 10.0. The van der Waals surface area contributed by atoms with Crippen molar-refractivity contribution in [2.45, 2.75) is 83.6 Å². The van der Waals surface area contributed by atoms with Crippen LogP contribution in [0.25, 0.3) is 0 Å². The molecule has 4 bridgehead atoms. The van der Waals surface area contributed by atoms with E-state index < -0.39 is 53.8 Å². The number of nitrogens with one attached hydrogen (secondary N) is 4. The fourth-order valence-corrected chi connectivity index (χ4v) is 6.87. The van der Waals surface area contributed by atoms with Gasteiger partial charge in [-0.15, -0.1) is 11.3 Å². The SMILES string of the molecule is Cc1nc(CC(=O)N[C@H]2C[C@H]3C(=O)N[C@@H](Cc4ccccc4)c4nc(co4)C(=O)N[C@H](CC(C)C)C(=O)N[C@H](C)c4nc(co4)C(=O)N3C2)cs1. The molecule has 4 aromatic rings. The first-order valence-corrected chi connectivity index (χ1v) is 17.7. The Labute approximate surface area is 298 Å². The maximum Gasteiger partial charge on any atom is 0.276 e. The van der Waals surface area contributed by atoms with Crippen molar-refractivity contribution in [3.05, 3.63) is 87.7 Å². The van der Waals surface area contributed by atoms with E-state index >= 15 is 0 Å². The van der Waals surface area contributed by atoms with Gasteiger partial charge in [0, 0.05) is 24.4 Å². The fourth-order valence-electron chi connectivity index (χ4n) is 6.26. The first kappa shape index (κ1) is 35.4. The molecule has 0 unspecified atom stereocenters. The van der Waals surface area contributed by atoms with E-state index in [0.29, 0.717) is 12.1 Å². The Bertz CT molecular complexity index is 1900. The van der Waals surface area contributed by atoms with Gasteiger partial charge in [0.2, 0.25) is 29.5 Å².